The third-order valence-electron chi connectivity index (χ3n) is 7.13. The summed E-state index contributed by atoms with van der Waals surface area (Å²) in [7, 11) is 0. The lowest BCUT2D eigenvalue weighted by Crippen LogP contribution is -2.21. The number of allylic oxidation sites excluding steroid dienone is 1. The predicted molar refractivity (Wildman–Crippen MR) is 154 cm³/mol. The Kier molecular flexibility index (Phi) is 6.44. The van der Waals surface area contributed by atoms with Gasteiger partial charge < -0.3 is 24.4 Å². The van der Waals surface area contributed by atoms with Gasteiger partial charge in [-0.25, -0.2) is 4.79 Å². The summed E-state index contributed by atoms with van der Waals surface area (Å²) in [4.78, 5) is 13.2. The van der Waals surface area contributed by atoms with Gasteiger partial charge >= 0.3 is 5.97 Å². The van der Waals surface area contributed by atoms with Crippen LogP contribution in [0.25, 0.3) is 11.0 Å². The molecule has 2 N–H and O–H groups in total. The van der Waals surface area contributed by atoms with Gasteiger partial charge in [0.15, 0.2) is 0 Å². The van der Waals surface area contributed by atoms with Crippen LogP contribution in [-0.4, -0.2) is 5.97 Å². The van der Waals surface area contributed by atoms with Crippen molar-refractivity contribution in [3.8, 4) is 29.1 Å². The largest absolute Gasteiger partial charge is 0.457 e. The van der Waals surface area contributed by atoms with Crippen molar-refractivity contribution in [2.75, 3.05) is 0 Å². The van der Waals surface area contributed by atoms with Crippen LogP contribution in [0.2, 0.25) is 0 Å². The molecule has 1 aliphatic heterocycles. The summed E-state index contributed by atoms with van der Waals surface area (Å²) < 4.78 is 23.5. The molecule has 7 heteroatoms. The first-order valence-corrected chi connectivity index (χ1v) is 13.1. The SMILES string of the molecule is Cc1cc(C)c2c(C)c(C(=O)Oc3ccc4c(c3)OC(N)=C(C#N)C4c3cccc(Oc4ccccc4)c3)oc2c1. The number of rotatable bonds is 5. The van der Waals surface area contributed by atoms with Crippen molar-refractivity contribution in [1.29, 1.82) is 5.26 Å². The summed E-state index contributed by atoms with van der Waals surface area (Å²) in [6.45, 7) is 5.81. The Labute approximate surface area is 237 Å². The lowest BCUT2D eigenvalue weighted by atomic mass is 9.83. The summed E-state index contributed by atoms with van der Waals surface area (Å²) in [5.74, 6) is 0.979. The molecular weight excluding hydrogens is 516 g/mol. The maximum Gasteiger partial charge on any atom is 0.379 e. The monoisotopic (exact) mass is 542 g/mol. The molecule has 1 atom stereocenters. The highest BCUT2D eigenvalue weighted by atomic mass is 16.5. The number of esters is 1. The highest BCUT2D eigenvalue weighted by molar-refractivity contribution is 5.98. The van der Waals surface area contributed by atoms with E-state index in [1.807, 2.05) is 87.5 Å². The number of nitrogens with zero attached hydrogens (tertiary/aromatic N) is 1. The first kappa shape index (κ1) is 25.8. The Morgan fingerprint density at radius 1 is 0.902 bits per heavy atom. The van der Waals surface area contributed by atoms with Crippen molar-refractivity contribution in [1.82, 2.24) is 0 Å². The van der Waals surface area contributed by atoms with Gasteiger partial charge in [0.2, 0.25) is 11.6 Å². The van der Waals surface area contributed by atoms with Gasteiger partial charge in [-0.2, -0.15) is 5.26 Å². The van der Waals surface area contributed by atoms with Crippen LogP contribution >= 0.6 is 0 Å². The van der Waals surface area contributed by atoms with E-state index in [0.29, 0.717) is 28.4 Å². The summed E-state index contributed by atoms with van der Waals surface area (Å²) in [5, 5.41) is 10.9. The zero-order chi connectivity index (χ0) is 28.7. The van der Waals surface area contributed by atoms with Crippen molar-refractivity contribution in [2.45, 2.75) is 26.7 Å². The Morgan fingerprint density at radius 3 is 2.46 bits per heavy atom. The third-order valence-corrected chi connectivity index (χ3v) is 7.13. The van der Waals surface area contributed by atoms with Crippen molar-refractivity contribution in [3.63, 3.8) is 0 Å². The fourth-order valence-corrected chi connectivity index (χ4v) is 5.36. The van der Waals surface area contributed by atoms with E-state index < -0.39 is 11.9 Å². The van der Waals surface area contributed by atoms with Gasteiger partial charge in [-0.05, 0) is 73.9 Å². The Morgan fingerprint density at radius 2 is 1.68 bits per heavy atom. The number of furan rings is 1. The molecule has 7 nitrogen and oxygen atoms in total. The third kappa shape index (κ3) is 4.77. The van der Waals surface area contributed by atoms with Crippen LogP contribution in [0.4, 0.5) is 0 Å². The molecule has 2 heterocycles. The molecule has 1 aromatic heterocycles. The molecule has 0 radical (unpaired) electrons. The maximum atomic E-state index is 13.2. The smallest absolute Gasteiger partial charge is 0.379 e. The van der Waals surface area contributed by atoms with Gasteiger partial charge in [0, 0.05) is 22.6 Å². The van der Waals surface area contributed by atoms with E-state index >= 15 is 0 Å². The Balaban J connectivity index is 1.32. The quantitative estimate of drug-likeness (QED) is 0.180. The zero-order valence-electron chi connectivity index (χ0n) is 22.7. The number of fused-ring (bicyclic) bond motifs is 2. The number of carbonyl (C=O) groups excluding carboxylic acids is 1. The molecule has 0 fully saturated rings. The van der Waals surface area contributed by atoms with E-state index in [1.165, 1.54) is 0 Å². The van der Waals surface area contributed by atoms with Crippen LogP contribution < -0.4 is 19.9 Å². The fourth-order valence-electron chi connectivity index (χ4n) is 5.36. The van der Waals surface area contributed by atoms with E-state index in [2.05, 4.69) is 6.07 Å². The van der Waals surface area contributed by atoms with E-state index in [9.17, 15) is 10.1 Å². The molecule has 0 aliphatic carbocycles. The minimum atomic E-state index is -0.616. The molecule has 1 aliphatic rings. The topological polar surface area (TPSA) is 108 Å². The van der Waals surface area contributed by atoms with Gasteiger partial charge in [-0.3, -0.25) is 0 Å². The van der Waals surface area contributed by atoms with Gasteiger partial charge in [-0.15, -0.1) is 0 Å². The van der Waals surface area contributed by atoms with Gasteiger partial charge in [0.05, 0.1) is 5.92 Å². The van der Waals surface area contributed by atoms with E-state index in [1.54, 1.807) is 18.2 Å². The molecule has 41 heavy (non-hydrogen) atoms. The Bertz CT molecular complexity index is 1900. The zero-order valence-corrected chi connectivity index (χ0v) is 22.7. The van der Waals surface area contributed by atoms with Crippen LogP contribution in [0.5, 0.6) is 23.0 Å². The number of para-hydroxylation sites is 1. The predicted octanol–water partition coefficient (Wildman–Crippen LogP) is 7.59. The van der Waals surface area contributed by atoms with Crippen LogP contribution in [0.15, 0.2) is 101 Å². The van der Waals surface area contributed by atoms with Crippen LogP contribution in [0, 0.1) is 32.1 Å². The molecule has 4 aromatic carbocycles. The van der Waals surface area contributed by atoms with Crippen molar-refractivity contribution < 1.29 is 23.4 Å². The first-order valence-electron chi connectivity index (χ1n) is 13.1. The summed E-state index contributed by atoms with van der Waals surface area (Å²) in [5.41, 5.74) is 11.4. The second-order valence-electron chi connectivity index (χ2n) is 10.0. The number of nitriles is 1. The number of ether oxygens (including phenoxy) is 3. The molecule has 1 unspecified atom stereocenters. The number of carbonyl (C=O) groups is 1. The van der Waals surface area contributed by atoms with Gasteiger partial charge in [0.25, 0.3) is 0 Å². The standard InChI is InChI=1S/C34H26N2O5/c1-19-14-20(2)30-21(3)32(40-29(30)15-19)34(37)39-25-12-13-26-28(17-25)41-33(36)27(18-35)31(26)22-8-7-11-24(16-22)38-23-9-5-4-6-10-23/h4-17,31H,36H2,1-3H3. The average molecular weight is 543 g/mol. The molecule has 202 valence electrons. The van der Waals surface area contributed by atoms with Crippen LogP contribution in [0.1, 0.15) is 44.3 Å². The van der Waals surface area contributed by atoms with E-state index in [-0.39, 0.29) is 23.0 Å². The van der Waals surface area contributed by atoms with E-state index in [0.717, 1.165) is 27.6 Å². The van der Waals surface area contributed by atoms with Crippen molar-refractivity contribution >= 4 is 16.9 Å². The average Bonchev–Trinajstić information content (AvgIpc) is 3.29. The molecule has 0 amide bonds. The summed E-state index contributed by atoms with van der Waals surface area (Å²) in [6, 6.07) is 28.1. The first-order chi connectivity index (χ1) is 19.8. The molecular formula is C34H26N2O5. The second kappa shape index (κ2) is 10.2. The molecule has 5 aromatic rings. The second-order valence-corrected chi connectivity index (χ2v) is 10.0. The number of benzene rings is 4. The Hall–Kier alpha value is -5.48. The highest BCUT2D eigenvalue weighted by Gasteiger charge is 2.32. The van der Waals surface area contributed by atoms with Gasteiger partial charge in [-0.1, -0.05) is 42.5 Å². The van der Waals surface area contributed by atoms with Crippen LogP contribution in [-0.2, 0) is 0 Å². The van der Waals surface area contributed by atoms with Crippen molar-refractivity contribution in [3.05, 3.63) is 130 Å². The molecule has 0 bridgehead atoms. The number of aryl methyl sites for hydroxylation is 3. The normalized spacial score (nSPS) is 14.2. The van der Waals surface area contributed by atoms with Crippen LogP contribution in [0.3, 0.4) is 0 Å². The number of nitrogens with two attached hydrogens (primary N) is 1. The van der Waals surface area contributed by atoms with E-state index in [4.69, 9.17) is 24.4 Å². The number of hydrogen-bond acceptors (Lipinski definition) is 7. The lowest BCUT2D eigenvalue weighted by molar-refractivity contribution is 0.0702. The highest BCUT2D eigenvalue weighted by Crippen LogP contribution is 2.44. The minimum Gasteiger partial charge on any atom is -0.457 e. The fraction of sp³-hybridized carbons (Fsp3) is 0.118. The van der Waals surface area contributed by atoms with Crippen molar-refractivity contribution in [2.24, 2.45) is 5.73 Å². The summed E-state index contributed by atoms with van der Waals surface area (Å²) in [6.07, 6.45) is 0. The molecule has 0 saturated carbocycles. The minimum absolute atomic E-state index is 0.0122. The molecule has 0 saturated heterocycles. The number of hydrogen-bond donors (Lipinski definition) is 1. The summed E-state index contributed by atoms with van der Waals surface area (Å²) >= 11 is 0. The molecule has 6 rings (SSSR count). The molecule has 0 spiro atoms. The lowest BCUT2D eigenvalue weighted by Gasteiger charge is -2.27. The van der Waals surface area contributed by atoms with Gasteiger partial charge in [0.1, 0.15) is 40.2 Å². The maximum absolute atomic E-state index is 13.2.